The van der Waals surface area contributed by atoms with E-state index >= 15 is 0 Å². The van der Waals surface area contributed by atoms with Crippen molar-refractivity contribution in [1.29, 1.82) is 0 Å². The van der Waals surface area contributed by atoms with E-state index in [-0.39, 0.29) is 11.8 Å². The summed E-state index contributed by atoms with van der Waals surface area (Å²) < 4.78 is 0. The number of hydrogen-bond donors (Lipinski definition) is 1. The van der Waals surface area contributed by atoms with Crippen LogP contribution >= 0.6 is 0 Å². The Labute approximate surface area is 159 Å². The lowest BCUT2D eigenvalue weighted by molar-refractivity contribution is -0.145. The molecule has 0 aliphatic carbocycles. The van der Waals surface area contributed by atoms with Crippen LogP contribution in [0, 0.1) is 5.41 Å². The summed E-state index contributed by atoms with van der Waals surface area (Å²) in [6.45, 7) is 3.74. The smallest absolute Gasteiger partial charge is 0.239 e. The second-order valence-electron chi connectivity index (χ2n) is 7.11. The molecule has 0 atom stereocenters. The number of rotatable bonds is 5. The zero-order chi connectivity index (χ0) is 19.4. The molecule has 0 saturated heterocycles. The van der Waals surface area contributed by atoms with Crippen molar-refractivity contribution in [2.24, 2.45) is 5.41 Å². The molecule has 2 aromatic carbocycles. The maximum atomic E-state index is 12.9. The SMILES string of the molecule is CN(Cc1ccccc1)C(=O)C(C)(C)C(=O)Nc1cccc2cccnc12. The normalized spacial score (nSPS) is 11.2. The molecule has 0 saturated carbocycles. The highest BCUT2D eigenvalue weighted by Crippen LogP contribution is 2.26. The highest BCUT2D eigenvalue weighted by Gasteiger charge is 2.38. The monoisotopic (exact) mass is 361 g/mol. The van der Waals surface area contributed by atoms with Crippen molar-refractivity contribution in [3.8, 4) is 0 Å². The molecule has 0 radical (unpaired) electrons. The number of nitrogens with zero attached hydrogens (tertiary/aromatic N) is 2. The highest BCUT2D eigenvalue weighted by molar-refractivity contribution is 6.12. The number of fused-ring (bicyclic) bond motifs is 1. The Balaban J connectivity index is 1.77. The van der Waals surface area contributed by atoms with Crippen LogP contribution in [0.25, 0.3) is 10.9 Å². The second kappa shape index (κ2) is 7.58. The van der Waals surface area contributed by atoms with Crippen LogP contribution in [0.1, 0.15) is 19.4 Å². The van der Waals surface area contributed by atoms with Crippen LogP contribution in [-0.4, -0.2) is 28.7 Å². The molecule has 138 valence electrons. The van der Waals surface area contributed by atoms with Crippen molar-refractivity contribution in [3.05, 3.63) is 72.4 Å². The molecule has 5 heteroatoms. The third-order valence-electron chi connectivity index (χ3n) is 4.59. The topological polar surface area (TPSA) is 62.3 Å². The quantitative estimate of drug-likeness (QED) is 0.702. The number of amides is 2. The van der Waals surface area contributed by atoms with Crippen molar-refractivity contribution in [2.75, 3.05) is 12.4 Å². The maximum Gasteiger partial charge on any atom is 0.239 e. The number of hydrogen-bond acceptors (Lipinski definition) is 3. The van der Waals surface area contributed by atoms with Crippen LogP contribution in [0.2, 0.25) is 0 Å². The van der Waals surface area contributed by atoms with E-state index in [0.717, 1.165) is 10.9 Å². The summed E-state index contributed by atoms with van der Waals surface area (Å²) in [6.07, 6.45) is 1.68. The van der Waals surface area contributed by atoms with Gasteiger partial charge in [0, 0.05) is 25.2 Å². The third-order valence-corrected chi connectivity index (χ3v) is 4.59. The number of pyridine rings is 1. The van der Waals surface area contributed by atoms with Crippen molar-refractivity contribution in [3.63, 3.8) is 0 Å². The summed E-state index contributed by atoms with van der Waals surface area (Å²) in [5, 5.41) is 3.81. The number of carbonyl (C=O) groups is 2. The van der Waals surface area contributed by atoms with Gasteiger partial charge in [-0.25, -0.2) is 0 Å². The van der Waals surface area contributed by atoms with Crippen LogP contribution in [0.3, 0.4) is 0 Å². The van der Waals surface area contributed by atoms with E-state index in [9.17, 15) is 9.59 Å². The van der Waals surface area contributed by atoms with Gasteiger partial charge in [0.2, 0.25) is 11.8 Å². The van der Waals surface area contributed by atoms with Crippen LogP contribution in [0.5, 0.6) is 0 Å². The number of carbonyl (C=O) groups excluding carboxylic acids is 2. The van der Waals surface area contributed by atoms with Crippen LogP contribution in [0.4, 0.5) is 5.69 Å². The summed E-state index contributed by atoms with van der Waals surface area (Å²) in [5.74, 6) is -0.595. The largest absolute Gasteiger partial charge is 0.341 e. The Hall–Kier alpha value is -3.21. The van der Waals surface area contributed by atoms with E-state index in [2.05, 4.69) is 10.3 Å². The highest BCUT2D eigenvalue weighted by atomic mass is 16.2. The average molecular weight is 361 g/mol. The molecular weight excluding hydrogens is 338 g/mol. The number of nitrogens with one attached hydrogen (secondary N) is 1. The molecule has 0 fully saturated rings. The van der Waals surface area contributed by atoms with E-state index in [1.54, 1.807) is 38.1 Å². The van der Waals surface area contributed by atoms with Gasteiger partial charge in [0.05, 0.1) is 11.2 Å². The molecule has 0 aliphatic heterocycles. The van der Waals surface area contributed by atoms with Gasteiger partial charge in [0.1, 0.15) is 5.41 Å². The Morgan fingerprint density at radius 3 is 2.44 bits per heavy atom. The molecule has 1 heterocycles. The fourth-order valence-corrected chi connectivity index (χ4v) is 2.99. The lowest BCUT2D eigenvalue weighted by atomic mass is 9.90. The van der Waals surface area contributed by atoms with Crippen LogP contribution in [-0.2, 0) is 16.1 Å². The molecular formula is C22H23N3O2. The van der Waals surface area contributed by atoms with Crippen molar-refractivity contribution >= 4 is 28.4 Å². The first-order valence-electron chi connectivity index (χ1n) is 8.84. The van der Waals surface area contributed by atoms with Crippen molar-refractivity contribution in [1.82, 2.24) is 9.88 Å². The number of aromatic nitrogens is 1. The number of para-hydroxylation sites is 1. The average Bonchev–Trinajstić information content (AvgIpc) is 2.68. The summed E-state index contributed by atoms with van der Waals surface area (Å²) in [7, 11) is 1.71. The van der Waals surface area contributed by atoms with Gasteiger partial charge in [0.25, 0.3) is 0 Å². The van der Waals surface area contributed by atoms with Crippen molar-refractivity contribution in [2.45, 2.75) is 20.4 Å². The molecule has 5 nitrogen and oxygen atoms in total. The molecule has 0 bridgehead atoms. The van der Waals surface area contributed by atoms with Gasteiger partial charge in [0.15, 0.2) is 0 Å². The number of benzene rings is 2. The molecule has 3 rings (SSSR count). The van der Waals surface area contributed by atoms with Gasteiger partial charge in [-0.15, -0.1) is 0 Å². The number of anilines is 1. The van der Waals surface area contributed by atoms with E-state index in [1.807, 2.05) is 54.6 Å². The first-order valence-corrected chi connectivity index (χ1v) is 8.84. The van der Waals surface area contributed by atoms with E-state index in [0.29, 0.717) is 17.7 Å². The minimum atomic E-state index is -1.21. The first-order chi connectivity index (χ1) is 12.9. The Morgan fingerprint density at radius 1 is 1.00 bits per heavy atom. The molecule has 0 aliphatic rings. The second-order valence-corrected chi connectivity index (χ2v) is 7.11. The molecule has 3 aromatic rings. The van der Waals surface area contributed by atoms with E-state index in [4.69, 9.17) is 0 Å². The van der Waals surface area contributed by atoms with Crippen molar-refractivity contribution < 1.29 is 9.59 Å². The standard InChI is InChI=1S/C22H23N3O2/c1-22(2,21(27)25(3)15-16-9-5-4-6-10-16)20(26)24-18-13-7-11-17-12-8-14-23-19(17)18/h4-14H,15H2,1-3H3,(H,24,26). The van der Waals surface area contributed by atoms with Gasteiger partial charge < -0.3 is 10.2 Å². The van der Waals surface area contributed by atoms with Gasteiger partial charge in [-0.05, 0) is 31.5 Å². The molecule has 27 heavy (non-hydrogen) atoms. The summed E-state index contributed by atoms with van der Waals surface area (Å²) >= 11 is 0. The molecule has 1 N–H and O–H groups in total. The van der Waals surface area contributed by atoms with Crippen LogP contribution < -0.4 is 5.32 Å². The summed E-state index contributed by atoms with van der Waals surface area (Å²) in [5.41, 5.74) is 1.11. The Morgan fingerprint density at radius 2 is 1.70 bits per heavy atom. The van der Waals surface area contributed by atoms with E-state index < -0.39 is 5.41 Å². The zero-order valence-electron chi connectivity index (χ0n) is 15.8. The summed E-state index contributed by atoms with van der Waals surface area (Å²) in [4.78, 5) is 31.7. The predicted molar refractivity (Wildman–Crippen MR) is 107 cm³/mol. The van der Waals surface area contributed by atoms with Gasteiger partial charge in [-0.3, -0.25) is 14.6 Å². The molecule has 2 amide bonds. The fourth-order valence-electron chi connectivity index (χ4n) is 2.99. The van der Waals surface area contributed by atoms with E-state index in [1.165, 1.54) is 0 Å². The lowest BCUT2D eigenvalue weighted by Gasteiger charge is -2.28. The first kappa shape index (κ1) is 18.6. The Bertz CT molecular complexity index is 962. The molecule has 0 spiro atoms. The Kier molecular flexibility index (Phi) is 5.21. The minimum Gasteiger partial charge on any atom is -0.341 e. The molecule has 0 unspecified atom stereocenters. The van der Waals surface area contributed by atoms with Gasteiger partial charge >= 0.3 is 0 Å². The van der Waals surface area contributed by atoms with Crippen LogP contribution in [0.15, 0.2) is 66.9 Å². The lowest BCUT2D eigenvalue weighted by Crippen LogP contribution is -2.45. The summed E-state index contributed by atoms with van der Waals surface area (Å²) in [6, 6.07) is 19.1. The fraction of sp³-hybridized carbons (Fsp3) is 0.227. The van der Waals surface area contributed by atoms with Gasteiger partial charge in [-0.1, -0.05) is 48.5 Å². The molecule has 1 aromatic heterocycles. The predicted octanol–water partition coefficient (Wildman–Crippen LogP) is 3.86. The maximum absolute atomic E-state index is 12.9. The van der Waals surface area contributed by atoms with Gasteiger partial charge in [-0.2, -0.15) is 0 Å². The zero-order valence-corrected chi connectivity index (χ0v) is 15.8. The third kappa shape index (κ3) is 3.97. The minimum absolute atomic E-state index is 0.239.